The van der Waals surface area contributed by atoms with Gasteiger partial charge in [-0.15, -0.1) is 0 Å². The van der Waals surface area contributed by atoms with Crippen molar-refractivity contribution in [3.05, 3.63) is 42.2 Å². The molecule has 0 aliphatic carbocycles. The van der Waals surface area contributed by atoms with Crippen molar-refractivity contribution in [1.29, 1.82) is 0 Å². The van der Waals surface area contributed by atoms with E-state index in [0.29, 0.717) is 23.5 Å². The van der Waals surface area contributed by atoms with Crippen LogP contribution >= 0.6 is 0 Å². The lowest BCUT2D eigenvalue weighted by Crippen LogP contribution is -2.06. The maximum atomic E-state index is 12.6. The Morgan fingerprint density at radius 1 is 1.19 bits per heavy atom. The molecule has 3 nitrogen and oxygen atoms in total. The number of halogens is 3. The molecule has 0 aliphatic heterocycles. The zero-order valence-electron chi connectivity index (χ0n) is 11.4. The van der Waals surface area contributed by atoms with Crippen molar-refractivity contribution in [3.8, 4) is 16.9 Å². The van der Waals surface area contributed by atoms with Gasteiger partial charge in [0.15, 0.2) is 0 Å². The zero-order valence-corrected chi connectivity index (χ0v) is 11.4. The zero-order chi connectivity index (χ0) is 15.5. The Kier molecular flexibility index (Phi) is 4.35. The second-order valence-corrected chi connectivity index (χ2v) is 4.56. The van der Waals surface area contributed by atoms with Crippen LogP contribution in [0, 0.1) is 0 Å². The highest BCUT2D eigenvalue weighted by Gasteiger charge is 2.30. The number of aromatic nitrogens is 1. The van der Waals surface area contributed by atoms with Gasteiger partial charge in [-0.05, 0) is 24.6 Å². The maximum absolute atomic E-state index is 12.6. The molecule has 0 fully saturated rings. The van der Waals surface area contributed by atoms with Crippen molar-refractivity contribution in [2.75, 3.05) is 12.3 Å². The minimum atomic E-state index is -4.41. The first-order chi connectivity index (χ1) is 9.91. The van der Waals surface area contributed by atoms with Crippen LogP contribution in [0.5, 0.6) is 5.75 Å². The Bertz CT molecular complexity index is 627. The number of nitrogen functional groups attached to an aromatic ring is 1. The van der Waals surface area contributed by atoms with Gasteiger partial charge in [0.2, 0.25) is 0 Å². The molecule has 1 heterocycles. The normalized spacial score (nSPS) is 11.4. The van der Waals surface area contributed by atoms with Crippen molar-refractivity contribution in [1.82, 2.24) is 4.98 Å². The van der Waals surface area contributed by atoms with E-state index in [-0.39, 0.29) is 5.69 Å². The summed E-state index contributed by atoms with van der Waals surface area (Å²) in [5, 5.41) is 0. The molecule has 2 N–H and O–H groups in total. The van der Waals surface area contributed by atoms with E-state index in [0.717, 1.165) is 18.6 Å². The molecule has 2 aromatic rings. The van der Waals surface area contributed by atoms with Gasteiger partial charge >= 0.3 is 6.18 Å². The van der Waals surface area contributed by atoms with Crippen LogP contribution < -0.4 is 10.5 Å². The Hall–Kier alpha value is -2.24. The molecule has 21 heavy (non-hydrogen) atoms. The summed E-state index contributed by atoms with van der Waals surface area (Å²) in [6.45, 7) is 2.53. The summed E-state index contributed by atoms with van der Waals surface area (Å²) in [4.78, 5) is 4.02. The van der Waals surface area contributed by atoms with Crippen LogP contribution in [0.1, 0.15) is 18.9 Å². The number of hydrogen-bond acceptors (Lipinski definition) is 3. The minimum absolute atomic E-state index is 0.0549. The molecule has 0 unspecified atom stereocenters. The molecular formula is C15H15F3N2O. The Morgan fingerprint density at radius 2 is 1.95 bits per heavy atom. The predicted molar refractivity (Wildman–Crippen MR) is 74.9 cm³/mol. The average Bonchev–Trinajstić information content (AvgIpc) is 2.44. The van der Waals surface area contributed by atoms with Gasteiger partial charge in [0, 0.05) is 23.0 Å². The van der Waals surface area contributed by atoms with Gasteiger partial charge in [-0.2, -0.15) is 13.2 Å². The molecule has 0 saturated carbocycles. The fraction of sp³-hybridized carbons (Fsp3) is 0.267. The van der Waals surface area contributed by atoms with E-state index >= 15 is 0 Å². The van der Waals surface area contributed by atoms with Gasteiger partial charge in [0.05, 0.1) is 18.4 Å². The molecule has 1 aromatic carbocycles. The number of nitrogens with zero attached hydrogens (tertiary/aromatic N) is 1. The molecule has 112 valence electrons. The summed E-state index contributed by atoms with van der Waals surface area (Å²) in [5.41, 5.74) is 6.14. The molecule has 1 aromatic heterocycles. The number of ether oxygens (including phenoxy) is 1. The molecular weight excluding hydrogens is 281 g/mol. The summed E-state index contributed by atoms with van der Waals surface area (Å²) in [7, 11) is 0. The summed E-state index contributed by atoms with van der Waals surface area (Å²) in [6.07, 6.45) is -0.458. The van der Waals surface area contributed by atoms with Crippen LogP contribution in [0.4, 0.5) is 18.9 Å². The number of pyridine rings is 1. The molecule has 0 atom stereocenters. The lowest BCUT2D eigenvalue weighted by molar-refractivity contribution is -0.137. The second-order valence-electron chi connectivity index (χ2n) is 4.56. The lowest BCUT2D eigenvalue weighted by Gasteiger charge is -2.12. The Balaban J connectivity index is 2.34. The highest BCUT2D eigenvalue weighted by Crippen LogP contribution is 2.35. The number of benzene rings is 1. The molecule has 6 heteroatoms. The second kappa shape index (κ2) is 6.03. The van der Waals surface area contributed by atoms with Crippen molar-refractivity contribution >= 4 is 5.69 Å². The smallest absolute Gasteiger partial charge is 0.416 e. The first-order valence-electron chi connectivity index (χ1n) is 6.46. The molecule has 0 aliphatic rings. The van der Waals surface area contributed by atoms with Crippen LogP contribution in [-0.2, 0) is 6.18 Å². The van der Waals surface area contributed by atoms with Crippen LogP contribution in [0.25, 0.3) is 11.1 Å². The van der Waals surface area contributed by atoms with Crippen LogP contribution in [0.2, 0.25) is 0 Å². The number of rotatable bonds is 4. The van der Waals surface area contributed by atoms with Gasteiger partial charge < -0.3 is 10.5 Å². The first kappa shape index (κ1) is 15.2. The van der Waals surface area contributed by atoms with Crippen molar-refractivity contribution in [2.45, 2.75) is 19.5 Å². The number of hydrogen-bond donors (Lipinski definition) is 1. The fourth-order valence-electron chi connectivity index (χ4n) is 1.87. The Labute approximate surface area is 120 Å². The standard InChI is InChI=1S/C15H15F3N2O/c1-2-5-21-12-6-10(8-20-9-12)13-4-3-11(7-14(13)19)15(16,17)18/h3-4,6-9H,2,5,19H2,1H3. The predicted octanol–water partition coefficient (Wildman–Crippen LogP) is 4.14. The van der Waals surface area contributed by atoms with E-state index < -0.39 is 11.7 Å². The molecule has 2 rings (SSSR count). The highest BCUT2D eigenvalue weighted by atomic mass is 19.4. The Morgan fingerprint density at radius 3 is 2.57 bits per heavy atom. The van der Waals surface area contributed by atoms with E-state index in [4.69, 9.17) is 10.5 Å². The van der Waals surface area contributed by atoms with E-state index in [9.17, 15) is 13.2 Å². The van der Waals surface area contributed by atoms with Gasteiger partial charge in [0.1, 0.15) is 5.75 Å². The number of alkyl halides is 3. The fourth-order valence-corrected chi connectivity index (χ4v) is 1.87. The van der Waals surface area contributed by atoms with Crippen LogP contribution in [0.15, 0.2) is 36.7 Å². The van der Waals surface area contributed by atoms with Crippen LogP contribution in [0.3, 0.4) is 0 Å². The summed E-state index contributed by atoms with van der Waals surface area (Å²) < 4.78 is 43.3. The monoisotopic (exact) mass is 296 g/mol. The minimum Gasteiger partial charge on any atom is -0.492 e. The largest absolute Gasteiger partial charge is 0.492 e. The highest BCUT2D eigenvalue weighted by molar-refractivity contribution is 5.77. The SMILES string of the molecule is CCCOc1cncc(-c2ccc(C(F)(F)F)cc2N)c1. The number of nitrogens with two attached hydrogens (primary N) is 1. The summed E-state index contributed by atoms with van der Waals surface area (Å²) in [6, 6.07) is 4.99. The average molecular weight is 296 g/mol. The summed E-state index contributed by atoms with van der Waals surface area (Å²) in [5.74, 6) is 0.564. The molecule has 0 saturated heterocycles. The van der Waals surface area contributed by atoms with Gasteiger partial charge in [0.25, 0.3) is 0 Å². The maximum Gasteiger partial charge on any atom is 0.416 e. The molecule has 0 bridgehead atoms. The van der Waals surface area contributed by atoms with E-state index in [2.05, 4.69) is 4.98 Å². The van der Waals surface area contributed by atoms with Crippen molar-refractivity contribution < 1.29 is 17.9 Å². The third-order valence-electron chi connectivity index (χ3n) is 2.88. The quantitative estimate of drug-likeness (QED) is 0.863. The van der Waals surface area contributed by atoms with Crippen molar-refractivity contribution in [2.24, 2.45) is 0 Å². The van der Waals surface area contributed by atoms with Crippen molar-refractivity contribution in [3.63, 3.8) is 0 Å². The third kappa shape index (κ3) is 3.65. The van der Waals surface area contributed by atoms with E-state index in [1.165, 1.54) is 12.3 Å². The number of anilines is 1. The molecule has 0 amide bonds. The van der Waals surface area contributed by atoms with Gasteiger partial charge in [-0.1, -0.05) is 13.0 Å². The van der Waals surface area contributed by atoms with E-state index in [1.807, 2.05) is 6.92 Å². The topological polar surface area (TPSA) is 48.1 Å². The third-order valence-corrected chi connectivity index (χ3v) is 2.88. The lowest BCUT2D eigenvalue weighted by atomic mass is 10.0. The van der Waals surface area contributed by atoms with Crippen LogP contribution in [-0.4, -0.2) is 11.6 Å². The van der Waals surface area contributed by atoms with Gasteiger partial charge in [-0.25, -0.2) is 0 Å². The first-order valence-corrected chi connectivity index (χ1v) is 6.46. The molecule has 0 spiro atoms. The summed E-state index contributed by atoms with van der Waals surface area (Å²) >= 11 is 0. The molecule has 0 radical (unpaired) electrons. The van der Waals surface area contributed by atoms with E-state index in [1.54, 1.807) is 12.3 Å². The van der Waals surface area contributed by atoms with Gasteiger partial charge in [-0.3, -0.25) is 4.98 Å².